The van der Waals surface area contributed by atoms with E-state index in [2.05, 4.69) is 20.6 Å². The molecule has 1 heterocycles. The molecular weight excluding hydrogens is 264 g/mol. The molecule has 1 amide bonds. The summed E-state index contributed by atoms with van der Waals surface area (Å²) in [4.78, 5) is 20.5. The van der Waals surface area contributed by atoms with E-state index in [1.54, 1.807) is 12.3 Å². The Balaban J connectivity index is 2.12. The molecule has 0 aliphatic heterocycles. The summed E-state index contributed by atoms with van der Waals surface area (Å²) in [6, 6.07) is 9.22. The lowest BCUT2D eigenvalue weighted by Crippen LogP contribution is -2.28. The zero-order valence-electron chi connectivity index (χ0n) is 12.8. The van der Waals surface area contributed by atoms with Gasteiger partial charge in [-0.1, -0.05) is 17.7 Å². The summed E-state index contributed by atoms with van der Waals surface area (Å²) in [5.74, 6) is 0.192. The fraction of sp³-hybridized carbons (Fsp3) is 0.312. The Labute approximate surface area is 124 Å². The molecule has 5 heteroatoms. The van der Waals surface area contributed by atoms with Crippen LogP contribution in [0.1, 0.15) is 36.8 Å². The molecule has 110 valence electrons. The van der Waals surface area contributed by atoms with E-state index in [1.165, 1.54) is 0 Å². The fourth-order valence-corrected chi connectivity index (χ4v) is 1.71. The van der Waals surface area contributed by atoms with Crippen LogP contribution in [0.4, 0.5) is 11.6 Å². The minimum Gasteiger partial charge on any atom is -0.350 e. The molecule has 0 saturated carbocycles. The van der Waals surface area contributed by atoms with Crippen molar-refractivity contribution in [1.82, 2.24) is 9.97 Å². The van der Waals surface area contributed by atoms with Crippen LogP contribution in [0, 0.1) is 6.92 Å². The van der Waals surface area contributed by atoms with Gasteiger partial charge in [-0.2, -0.15) is 0 Å². The maximum atomic E-state index is 12.2. The summed E-state index contributed by atoms with van der Waals surface area (Å²) in [6.07, 6.45) is 1.57. The van der Waals surface area contributed by atoms with Gasteiger partial charge < -0.3 is 10.6 Å². The van der Waals surface area contributed by atoms with E-state index in [0.29, 0.717) is 11.6 Å². The number of aromatic nitrogens is 2. The zero-order valence-corrected chi connectivity index (χ0v) is 12.8. The Morgan fingerprint density at radius 1 is 1.10 bits per heavy atom. The lowest BCUT2D eigenvalue weighted by Gasteiger charge is -2.20. The second-order valence-corrected chi connectivity index (χ2v) is 5.96. The Morgan fingerprint density at radius 2 is 1.76 bits per heavy atom. The molecule has 0 saturated heterocycles. The van der Waals surface area contributed by atoms with Crippen molar-refractivity contribution in [2.75, 3.05) is 10.6 Å². The minimum absolute atomic E-state index is 0.161. The molecule has 0 aliphatic carbocycles. The van der Waals surface area contributed by atoms with Crippen molar-refractivity contribution in [1.29, 1.82) is 0 Å². The van der Waals surface area contributed by atoms with Gasteiger partial charge in [-0.05, 0) is 45.9 Å². The number of carbonyl (C=O) groups excluding carboxylic acids is 1. The number of benzene rings is 1. The highest BCUT2D eigenvalue weighted by Crippen LogP contribution is 2.12. The van der Waals surface area contributed by atoms with Crippen LogP contribution in [-0.2, 0) is 0 Å². The van der Waals surface area contributed by atoms with Crippen molar-refractivity contribution in [3.8, 4) is 0 Å². The number of rotatable bonds is 3. The van der Waals surface area contributed by atoms with Gasteiger partial charge in [0.25, 0.3) is 5.91 Å². The topological polar surface area (TPSA) is 66.9 Å². The van der Waals surface area contributed by atoms with Crippen molar-refractivity contribution in [2.45, 2.75) is 33.2 Å². The first-order chi connectivity index (χ1) is 9.83. The SMILES string of the molecule is Cc1ccc(NC(=O)c2ccnc(NC(C)(C)C)n2)cc1. The molecule has 21 heavy (non-hydrogen) atoms. The zero-order chi connectivity index (χ0) is 15.5. The molecule has 0 bridgehead atoms. The number of nitrogens with one attached hydrogen (secondary N) is 2. The molecule has 2 rings (SSSR count). The van der Waals surface area contributed by atoms with Crippen LogP contribution < -0.4 is 10.6 Å². The summed E-state index contributed by atoms with van der Waals surface area (Å²) in [7, 11) is 0. The van der Waals surface area contributed by atoms with E-state index in [4.69, 9.17) is 0 Å². The predicted octanol–water partition coefficient (Wildman–Crippen LogP) is 3.25. The highest BCUT2D eigenvalue weighted by molar-refractivity contribution is 6.02. The van der Waals surface area contributed by atoms with Crippen molar-refractivity contribution < 1.29 is 4.79 Å². The number of hydrogen-bond acceptors (Lipinski definition) is 4. The molecule has 0 spiro atoms. The predicted molar refractivity (Wildman–Crippen MR) is 84.5 cm³/mol. The maximum absolute atomic E-state index is 12.2. The number of hydrogen-bond donors (Lipinski definition) is 2. The van der Waals surface area contributed by atoms with E-state index in [-0.39, 0.29) is 11.4 Å². The molecular formula is C16H20N4O. The van der Waals surface area contributed by atoms with E-state index < -0.39 is 0 Å². The summed E-state index contributed by atoms with van der Waals surface area (Å²) in [6.45, 7) is 8.03. The second kappa shape index (κ2) is 5.91. The molecule has 1 aromatic heterocycles. The average Bonchev–Trinajstić information content (AvgIpc) is 2.40. The second-order valence-electron chi connectivity index (χ2n) is 5.96. The molecule has 5 nitrogen and oxygen atoms in total. The number of aryl methyl sites for hydroxylation is 1. The Hall–Kier alpha value is -2.43. The lowest BCUT2D eigenvalue weighted by atomic mass is 10.1. The number of anilines is 2. The molecule has 0 radical (unpaired) electrons. The third kappa shape index (κ3) is 4.56. The highest BCUT2D eigenvalue weighted by Gasteiger charge is 2.13. The van der Waals surface area contributed by atoms with Gasteiger partial charge >= 0.3 is 0 Å². The van der Waals surface area contributed by atoms with Gasteiger partial charge in [0.15, 0.2) is 0 Å². The van der Waals surface area contributed by atoms with Crippen LogP contribution in [0.3, 0.4) is 0 Å². The molecule has 0 atom stereocenters. The minimum atomic E-state index is -0.252. The summed E-state index contributed by atoms with van der Waals surface area (Å²) >= 11 is 0. The first kappa shape index (κ1) is 15.0. The van der Waals surface area contributed by atoms with Crippen molar-refractivity contribution >= 4 is 17.5 Å². The smallest absolute Gasteiger partial charge is 0.274 e. The monoisotopic (exact) mass is 284 g/mol. The highest BCUT2D eigenvalue weighted by atomic mass is 16.1. The van der Waals surface area contributed by atoms with Crippen molar-refractivity contribution in [3.05, 3.63) is 47.8 Å². The van der Waals surface area contributed by atoms with E-state index in [0.717, 1.165) is 11.3 Å². The number of amides is 1. The van der Waals surface area contributed by atoms with Crippen LogP contribution >= 0.6 is 0 Å². The van der Waals surface area contributed by atoms with Gasteiger partial charge in [-0.3, -0.25) is 4.79 Å². The lowest BCUT2D eigenvalue weighted by molar-refractivity contribution is 0.102. The molecule has 1 aromatic carbocycles. The van der Waals surface area contributed by atoms with Crippen LogP contribution in [0.2, 0.25) is 0 Å². The fourth-order valence-electron chi connectivity index (χ4n) is 1.71. The molecule has 0 unspecified atom stereocenters. The van der Waals surface area contributed by atoms with Gasteiger partial charge in [-0.15, -0.1) is 0 Å². The third-order valence-corrected chi connectivity index (χ3v) is 2.68. The van der Waals surface area contributed by atoms with Gasteiger partial charge in [0.2, 0.25) is 5.95 Å². The van der Waals surface area contributed by atoms with Crippen LogP contribution in [0.5, 0.6) is 0 Å². The van der Waals surface area contributed by atoms with Gasteiger partial charge in [0, 0.05) is 17.4 Å². The van der Waals surface area contributed by atoms with E-state index >= 15 is 0 Å². The third-order valence-electron chi connectivity index (χ3n) is 2.68. The molecule has 0 fully saturated rings. The standard InChI is InChI=1S/C16H20N4O/c1-11-5-7-12(8-6-11)18-14(21)13-9-10-17-15(19-13)20-16(2,3)4/h5-10H,1-4H3,(H,18,21)(H,17,19,20). The van der Waals surface area contributed by atoms with Crippen LogP contribution in [0.15, 0.2) is 36.5 Å². The van der Waals surface area contributed by atoms with Gasteiger partial charge in [-0.25, -0.2) is 9.97 Å². The van der Waals surface area contributed by atoms with Gasteiger partial charge in [0.05, 0.1) is 0 Å². The van der Waals surface area contributed by atoms with Crippen LogP contribution in [-0.4, -0.2) is 21.4 Å². The van der Waals surface area contributed by atoms with E-state index in [1.807, 2.05) is 52.0 Å². The number of carbonyl (C=O) groups is 1. The van der Waals surface area contributed by atoms with Crippen LogP contribution in [0.25, 0.3) is 0 Å². The average molecular weight is 284 g/mol. The Morgan fingerprint density at radius 3 is 2.38 bits per heavy atom. The van der Waals surface area contributed by atoms with Gasteiger partial charge in [0.1, 0.15) is 5.69 Å². The normalized spacial score (nSPS) is 11.0. The Bertz CT molecular complexity index is 629. The van der Waals surface area contributed by atoms with E-state index in [9.17, 15) is 4.79 Å². The quantitative estimate of drug-likeness (QED) is 0.908. The summed E-state index contributed by atoms with van der Waals surface area (Å²) < 4.78 is 0. The Kier molecular flexibility index (Phi) is 4.21. The number of nitrogens with zero attached hydrogens (tertiary/aromatic N) is 2. The summed E-state index contributed by atoms with van der Waals surface area (Å²) in [5, 5.41) is 5.96. The molecule has 0 aliphatic rings. The first-order valence-electron chi connectivity index (χ1n) is 6.83. The van der Waals surface area contributed by atoms with Crippen molar-refractivity contribution in [2.24, 2.45) is 0 Å². The first-order valence-corrected chi connectivity index (χ1v) is 6.83. The maximum Gasteiger partial charge on any atom is 0.274 e. The van der Waals surface area contributed by atoms with Crippen molar-refractivity contribution in [3.63, 3.8) is 0 Å². The molecule has 2 aromatic rings. The molecule has 2 N–H and O–H groups in total. The summed E-state index contributed by atoms with van der Waals surface area (Å²) in [5.41, 5.74) is 2.06. The largest absolute Gasteiger partial charge is 0.350 e.